The minimum atomic E-state index is -4.20. The molecule has 1 N–H and O–H groups in total. The molecule has 0 aliphatic carbocycles. The fourth-order valence-electron chi connectivity index (χ4n) is 4.28. The lowest BCUT2D eigenvalue weighted by Gasteiger charge is -2.33. The molecule has 0 bridgehead atoms. The average Bonchev–Trinajstić information content (AvgIpc) is 2.96. The normalized spacial score (nSPS) is 12.7. The number of sulfonamides is 1. The number of nitrogens with one attached hydrogen (secondary N) is 1. The van der Waals surface area contributed by atoms with Crippen molar-refractivity contribution in [3.63, 3.8) is 0 Å². The van der Waals surface area contributed by atoms with Crippen LogP contribution in [0.25, 0.3) is 0 Å². The van der Waals surface area contributed by atoms with E-state index in [1.165, 1.54) is 54.5 Å². The van der Waals surface area contributed by atoms with Crippen molar-refractivity contribution in [3.8, 4) is 5.75 Å². The fraction of sp³-hybridized carbons (Fsp3) is 0.355. The van der Waals surface area contributed by atoms with Crippen LogP contribution in [0.3, 0.4) is 0 Å². The van der Waals surface area contributed by atoms with E-state index in [0.29, 0.717) is 24.2 Å². The summed E-state index contributed by atoms with van der Waals surface area (Å²) < 4.78 is 47.9. The van der Waals surface area contributed by atoms with E-state index < -0.39 is 34.3 Å². The minimum absolute atomic E-state index is 0.0118. The number of halogens is 1. The van der Waals surface area contributed by atoms with Gasteiger partial charge in [0.25, 0.3) is 10.0 Å². The zero-order valence-corrected chi connectivity index (χ0v) is 24.9. The first-order chi connectivity index (χ1) is 19.5. The molecule has 0 aliphatic rings. The number of hydrogen-bond donors (Lipinski definition) is 1. The molecule has 0 aromatic heterocycles. The van der Waals surface area contributed by atoms with Gasteiger partial charge in [-0.2, -0.15) is 0 Å². The Hall–Kier alpha value is -3.92. The topological polar surface area (TPSA) is 96.0 Å². The van der Waals surface area contributed by atoms with Crippen molar-refractivity contribution >= 4 is 27.5 Å². The number of benzene rings is 3. The summed E-state index contributed by atoms with van der Waals surface area (Å²) >= 11 is 0. The molecule has 3 aromatic carbocycles. The van der Waals surface area contributed by atoms with E-state index in [2.05, 4.69) is 5.32 Å². The number of hydrogen-bond acceptors (Lipinski definition) is 5. The van der Waals surface area contributed by atoms with E-state index in [4.69, 9.17) is 4.74 Å². The molecular formula is C31H38FN3O5S. The van der Waals surface area contributed by atoms with Gasteiger partial charge in [0, 0.05) is 18.7 Å². The number of ether oxygens (including phenoxy) is 1. The summed E-state index contributed by atoms with van der Waals surface area (Å²) in [5, 5.41) is 2.93. The summed E-state index contributed by atoms with van der Waals surface area (Å²) in [5.74, 6) is -0.936. The third-order valence-electron chi connectivity index (χ3n) is 6.88. The highest BCUT2D eigenvalue weighted by Gasteiger charge is 2.34. The third kappa shape index (κ3) is 8.07. The zero-order valence-electron chi connectivity index (χ0n) is 24.1. The first-order valence-electron chi connectivity index (χ1n) is 13.6. The van der Waals surface area contributed by atoms with E-state index in [-0.39, 0.29) is 29.1 Å². The van der Waals surface area contributed by atoms with Gasteiger partial charge in [-0.05, 0) is 68.7 Å². The largest absolute Gasteiger partial charge is 0.497 e. The summed E-state index contributed by atoms with van der Waals surface area (Å²) in [7, 11) is -2.73. The Kier molecular flexibility index (Phi) is 10.9. The Morgan fingerprint density at radius 2 is 1.63 bits per heavy atom. The van der Waals surface area contributed by atoms with E-state index in [0.717, 1.165) is 9.87 Å². The molecule has 41 heavy (non-hydrogen) atoms. The molecule has 0 saturated carbocycles. The molecular weight excluding hydrogens is 545 g/mol. The number of rotatable bonds is 13. The molecule has 0 unspecified atom stereocenters. The molecule has 0 heterocycles. The number of methoxy groups -OCH3 is 1. The van der Waals surface area contributed by atoms with Crippen LogP contribution in [0.4, 0.5) is 10.1 Å². The quantitative estimate of drug-likeness (QED) is 0.304. The second-order valence-corrected chi connectivity index (χ2v) is 11.8. The Balaban J connectivity index is 2.07. The molecule has 0 spiro atoms. The zero-order chi connectivity index (χ0) is 30.2. The lowest BCUT2D eigenvalue weighted by atomic mass is 10.1. The van der Waals surface area contributed by atoms with Gasteiger partial charge in [0.2, 0.25) is 11.8 Å². The van der Waals surface area contributed by atoms with Crippen LogP contribution in [-0.4, -0.2) is 50.9 Å². The molecule has 0 radical (unpaired) electrons. The van der Waals surface area contributed by atoms with E-state index in [9.17, 15) is 22.4 Å². The highest BCUT2D eigenvalue weighted by Crippen LogP contribution is 2.28. The van der Waals surface area contributed by atoms with Gasteiger partial charge in [-0.3, -0.25) is 13.9 Å². The molecule has 0 saturated heterocycles. The highest BCUT2D eigenvalue weighted by molar-refractivity contribution is 7.92. The van der Waals surface area contributed by atoms with Crippen LogP contribution in [0.5, 0.6) is 5.75 Å². The summed E-state index contributed by atoms with van der Waals surface area (Å²) in [4.78, 5) is 28.8. The number of nitrogens with zero attached hydrogens (tertiary/aromatic N) is 2. The number of amides is 2. The molecule has 2 atom stereocenters. The van der Waals surface area contributed by atoms with Crippen molar-refractivity contribution in [2.75, 3.05) is 18.0 Å². The van der Waals surface area contributed by atoms with Gasteiger partial charge in [0.15, 0.2) is 0 Å². The van der Waals surface area contributed by atoms with Crippen LogP contribution in [0.1, 0.15) is 44.7 Å². The molecule has 220 valence electrons. The Labute approximate surface area is 242 Å². The van der Waals surface area contributed by atoms with Crippen molar-refractivity contribution < 1.29 is 27.1 Å². The number of carbonyl (C=O) groups is 2. The second-order valence-electron chi connectivity index (χ2n) is 9.92. The molecule has 2 amide bonds. The summed E-state index contributed by atoms with van der Waals surface area (Å²) in [5.41, 5.74) is 1.72. The van der Waals surface area contributed by atoms with Crippen LogP contribution < -0.4 is 14.4 Å². The molecule has 3 aromatic rings. The number of carbonyl (C=O) groups excluding carboxylic acids is 2. The number of anilines is 1. The van der Waals surface area contributed by atoms with E-state index in [1.807, 2.05) is 20.8 Å². The van der Waals surface area contributed by atoms with Gasteiger partial charge in [-0.25, -0.2) is 12.8 Å². The highest BCUT2D eigenvalue weighted by atomic mass is 32.2. The molecule has 0 fully saturated rings. The molecule has 3 rings (SSSR count). The second kappa shape index (κ2) is 14.1. The predicted octanol–water partition coefficient (Wildman–Crippen LogP) is 5.06. The maximum atomic E-state index is 14.1. The van der Waals surface area contributed by atoms with Gasteiger partial charge in [-0.15, -0.1) is 0 Å². The van der Waals surface area contributed by atoms with Crippen LogP contribution in [0, 0.1) is 12.7 Å². The Morgan fingerprint density at radius 1 is 0.976 bits per heavy atom. The maximum Gasteiger partial charge on any atom is 0.264 e. The SMILES string of the molecule is CC[C@@H](C)NC(=O)[C@H](CC)N(Cc1ccc(F)cc1)C(=O)CN(c1cccc(OC)c1)S(=O)(=O)c1ccc(C)cc1. The lowest BCUT2D eigenvalue weighted by molar-refractivity contribution is -0.140. The summed E-state index contributed by atoms with van der Waals surface area (Å²) in [6.45, 7) is 6.86. The van der Waals surface area contributed by atoms with Gasteiger partial charge in [0.05, 0.1) is 17.7 Å². The van der Waals surface area contributed by atoms with Crippen molar-refractivity contribution in [2.45, 2.75) is 64.1 Å². The van der Waals surface area contributed by atoms with Crippen molar-refractivity contribution in [1.29, 1.82) is 0 Å². The van der Waals surface area contributed by atoms with Crippen molar-refractivity contribution in [3.05, 3.63) is 89.7 Å². The van der Waals surface area contributed by atoms with Crippen LogP contribution in [0.15, 0.2) is 77.7 Å². The maximum absolute atomic E-state index is 14.1. The standard InChI is InChI=1S/C31H38FN3O5S/c1-6-23(4)33-31(37)29(7-2)34(20-24-13-15-25(32)16-14-24)30(36)21-35(26-9-8-10-27(19-26)40-5)41(38,39)28-17-11-22(3)12-18-28/h8-19,23,29H,6-7,20-21H2,1-5H3,(H,33,37)/t23-,29+/m1/s1. The summed E-state index contributed by atoms with van der Waals surface area (Å²) in [6.07, 6.45) is 0.992. The molecule has 8 nitrogen and oxygen atoms in total. The Bertz CT molecular complexity index is 1430. The number of aryl methyl sites for hydroxylation is 1. The lowest BCUT2D eigenvalue weighted by Crippen LogP contribution is -2.53. The van der Waals surface area contributed by atoms with Gasteiger partial charge in [-0.1, -0.05) is 49.7 Å². The monoisotopic (exact) mass is 583 g/mol. The van der Waals surface area contributed by atoms with Crippen LogP contribution in [-0.2, 0) is 26.2 Å². The van der Waals surface area contributed by atoms with E-state index in [1.54, 1.807) is 37.3 Å². The van der Waals surface area contributed by atoms with Gasteiger partial charge in [0.1, 0.15) is 24.2 Å². The Morgan fingerprint density at radius 3 is 2.22 bits per heavy atom. The first-order valence-corrected chi connectivity index (χ1v) is 15.0. The van der Waals surface area contributed by atoms with E-state index >= 15 is 0 Å². The fourth-order valence-corrected chi connectivity index (χ4v) is 5.68. The minimum Gasteiger partial charge on any atom is -0.497 e. The van der Waals surface area contributed by atoms with Gasteiger partial charge >= 0.3 is 0 Å². The van der Waals surface area contributed by atoms with Crippen molar-refractivity contribution in [1.82, 2.24) is 10.2 Å². The third-order valence-corrected chi connectivity index (χ3v) is 8.67. The molecule has 10 heteroatoms. The predicted molar refractivity (Wildman–Crippen MR) is 158 cm³/mol. The van der Waals surface area contributed by atoms with Crippen molar-refractivity contribution in [2.24, 2.45) is 0 Å². The van der Waals surface area contributed by atoms with Gasteiger partial charge < -0.3 is 15.0 Å². The summed E-state index contributed by atoms with van der Waals surface area (Å²) in [6, 6.07) is 17.4. The smallest absolute Gasteiger partial charge is 0.264 e. The average molecular weight is 584 g/mol. The van der Waals surface area contributed by atoms with Crippen LogP contribution in [0.2, 0.25) is 0 Å². The molecule has 0 aliphatic heterocycles. The van der Waals surface area contributed by atoms with Crippen LogP contribution >= 0.6 is 0 Å². The first kappa shape index (κ1) is 31.6.